The van der Waals surface area contributed by atoms with Crippen LogP contribution in [0, 0.1) is 17.2 Å². The zero-order valence-corrected chi connectivity index (χ0v) is 19.8. The number of fused-ring (bicyclic) bond motifs is 1. The number of aromatic nitrogens is 2. The van der Waals surface area contributed by atoms with Crippen molar-refractivity contribution in [1.82, 2.24) is 14.5 Å². The molecule has 1 atom stereocenters. The normalized spacial score (nSPS) is 16.0. The van der Waals surface area contributed by atoms with Gasteiger partial charge in [0.2, 0.25) is 0 Å². The Labute approximate surface area is 202 Å². The zero-order valence-electron chi connectivity index (χ0n) is 19.1. The maximum absolute atomic E-state index is 12.7. The van der Waals surface area contributed by atoms with Crippen molar-refractivity contribution in [2.24, 2.45) is 13.0 Å². The number of halogens is 1. The van der Waals surface area contributed by atoms with E-state index >= 15 is 0 Å². The molecule has 3 heterocycles. The van der Waals surface area contributed by atoms with Crippen molar-refractivity contribution in [1.29, 1.82) is 5.26 Å². The van der Waals surface area contributed by atoms with Crippen LogP contribution in [-0.4, -0.2) is 39.5 Å². The van der Waals surface area contributed by atoms with Crippen molar-refractivity contribution in [3.05, 3.63) is 57.1 Å². The Hall–Kier alpha value is -3.57. The second-order valence-electron chi connectivity index (χ2n) is 9.06. The molecule has 1 aliphatic carbocycles. The summed E-state index contributed by atoms with van der Waals surface area (Å²) in [5.41, 5.74) is 2.98. The number of carbonyl (C=O) groups excluding carboxylic acids is 1. The fraction of sp³-hybridized carbons (Fsp3) is 0.360. The molecule has 2 N–H and O–H groups in total. The van der Waals surface area contributed by atoms with Crippen molar-refractivity contribution in [2.75, 3.05) is 23.7 Å². The smallest absolute Gasteiger partial charge is 0.272 e. The minimum Gasteiger partial charge on any atom is -0.382 e. The molecule has 1 amide bonds. The van der Waals surface area contributed by atoms with Crippen LogP contribution >= 0.6 is 11.6 Å². The van der Waals surface area contributed by atoms with Crippen molar-refractivity contribution >= 4 is 45.5 Å². The molecule has 5 rings (SSSR count). The van der Waals surface area contributed by atoms with Crippen LogP contribution in [0.5, 0.6) is 0 Å². The average molecular weight is 477 g/mol. The van der Waals surface area contributed by atoms with Gasteiger partial charge in [0.25, 0.3) is 11.5 Å². The Morgan fingerprint density at radius 2 is 2.00 bits per heavy atom. The van der Waals surface area contributed by atoms with Crippen LogP contribution in [0.3, 0.4) is 0 Å². The highest BCUT2D eigenvalue weighted by molar-refractivity contribution is 6.31. The first-order valence-electron chi connectivity index (χ1n) is 11.4. The zero-order chi connectivity index (χ0) is 24.0. The molecule has 34 heavy (non-hydrogen) atoms. The molecule has 0 bridgehead atoms. The quantitative estimate of drug-likeness (QED) is 0.515. The number of aryl methyl sites for hydroxylation is 1. The number of hydrogen-bond donors (Lipinski definition) is 2. The maximum Gasteiger partial charge on any atom is 0.272 e. The topological polar surface area (TPSA) is 103 Å². The Kier molecular flexibility index (Phi) is 5.66. The first-order chi connectivity index (χ1) is 16.4. The van der Waals surface area contributed by atoms with Crippen LogP contribution in [-0.2, 0) is 7.05 Å². The summed E-state index contributed by atoms with van der Waals surface area (Å²) in [7, 11) is 1.75. The van der Waals surface area contributed by atoms with Gasteiger partial charge in [-0.15, -0.1) is 0 Å². The van der Waals surface area contributed by atoms with E-state index in [4.69, 9.17) is 11.6 Å². The Bertz CT molecular complexity index is 1400. The Morgan fingerprint density at radius 3 is 2.65 bits per heavy atom. The third-order valence-electron chi connectivity index (χ3n) is 6.69. The summed E-state index contributed by atoms with van der Waals surface area (Å²) < 4.78 is 1.61. The summed E-state index contributed by atoms with van der Waals surface area (Å²) >= 11 is 6.27. The highest BCUT2D eigenvalue weighted by Gasteiger charge is 2.28. The van der Waals surface area contributed by atoms with Crippen molar-refractivity contribution in [2.45, 2.75) is 32.2 Å². The number of benzene rings is 1. The van der Waals surface area contributed by atoms with Gasteiger partial charge in [0, 0.05) is 49.0 Å². The van der Waals surface area contributed by atoms with Gasteiger partial charge in [-0.2, -0.15) is 5.26 Å². The number of hydrogen-bond acceptors (Lipinski definition) is 6. The highest BCUT2D eigenvalue weighted by Crippen LogP contribution is 2.36. The predicted octanol–water partition coefficient (Wildman–Crippen LogP) is 4.26. The second kappa shape index (κ2) is 8.65. The summed E-state index contributed by atoms with van der Waals surface area (Å²) in [5, 5.41) is 17.3. The van der Waals surface area contributed by atoms with Gasteiger partial charge in [0.1, 0.15) is 22.5 Å². The van der Waals surface area contributed by atoms with Crippen molar-refractivity contribution in [3.8, 4) is 6.07 Å². The van der Waals surface area contributed by atoms with E-state index in [1.54, 1.807) is 28.6 Å². The largest absolute Gasteiger partial charge is 0.382 e. The van der Waals surface area contributed by atoms with Crippen LogP contribution in [0.25, 0.3) is 10.9 Å². The molecule has 3 aromatic rings. The second-order valence-corrected chi connectivity index (χ2v) is 9.42. The van der Waals surface area contributed by atoms with Crippen LogP contribution in [0.15, 0.2) is 35.1 Å². The fourth-order valence-electron chi connectivity index (χ4n) is 4.28. The predicted molar refractivity (Wildman–Crippen MR) is 133 cm³/mol. The average Bonchev–Trinajstić information content (AvgIpc) is 3.61. The van der Waals surface area contributed by atoms with Gasteiger partial charge in [-0.3, -0.25) is 9.59 Å². The third kappa shape index (κ3) is 4.08. The molecule has 2 fully saturated rings. The summed E-state index contributed by atoms with van der Waals surface area (Å²) in [5.74, 6) is 0.426. The first-order valence-corrected chi connectivity index (χ1v) is 11.8. The molecule has 174 valence electrons. The van der Waals surface area contributed by atoms with E-state index in [1.807, 2.05) is 18.2 Å². The molecule has 1 saturated heterocycles. The molecule has 0 radical (unpaired) electrons. The minimum absolute atomic E-state index is 0.0137. The number of nitrogens with zero attached hydrogens (tertiary/aromatic N) is 4. The standard InChI is InChI=1S/C25H25ClN6O2/c1-14(15-4-5-15)28-20-12-23(33)31(2)22-7-6-16(10-17(20)22)29-19-11-21(25(34)32-8-3-9-32)30-24(26)18(19)13-27/h6-7,10-12,14-15,28H,3-5,8-9H2,1-2H3,(H,29,30). The molecule has 1 aliphatic heterocycles. The number of nitrogens with one attached hydrogen (secondary N) is 2. The lowest BCUT2D eigenvalue weighted by atomic mass is 10.1. The third-order valence-corrected chi connectivity index (χ3v) is 6.96. The van der Waals surface area contributed by atoms with E-state index in [2.05, 4.69) is 28.6 Å². The van der Waals surface area contributed by atoms with Gasteiger partial charge in [-0.05, 0) is 56.4 Å². The molecular formula is C25H25ClN6O2. The van der Waals surface area contributed by atoms with Crippen molar-refractivity contribution < 1.29 is 4.79 Å². The summed E-state index contributed by atoms with van der Waals surface area (Å²) in [6.45, 7) is 3.52. The summed E-state index contributed by atoms with van der Waals surface area (Å²) in [4.78, 5) is 31.1. The van der Waals surface area contributed by atoms with E-state index in [1.165, 1.54) is 12.8 Å². The van der Waals surface area contributed by atoms with E-state index in [0.29, 0.717) is 30.4 Å². The Balaban J connectivity index is 1.54. The number of nitriles is 1. The van der Waals surface area contributed by atoms with Gasteiger partial charge in [0.15, 0.2) is 0 Å². The molecule has 1 saturated carbocycles. The minimum atomic E-state index is -0.199. The number of rotatable bonds is 6. The highest BCUT2D eigenvalue weighted by atomic mass is 35.5. The van der Waals surface area contributed by atoms with Crippen LogP contribution < -0.4 is 16.2 Å². The number of pyridine rings is 2. The number of carbonyl (C=O) groups is 1. The molecule has 2 aromatic heterocycles. The molecule has 0 spiro atoms. The van der Waals surface area contributed by atoms with E-state index < -0.39 is 0 Å². The first kappa shape index (κ1) is 22.2. The Morgan fingerprint density at radius 1 is 1.24 bits per heavy atom. The fourth-order valence-corrected chi connectivity index (χ4v) is 4.52. The van der Waals surface area contributed by atoms with Gasteiger partial charge in [-0.25, -0.2) is 4.98 Å². The molecule has 2 aliphatic rings. The van der Waals surface area contributed by atoms with E-state index in [9.17, 15) is 14.9 Å². The van der Waals surface area contributed by atoms with Gasteiger partial charge in [0.05, 0.1) is 11.2 Å². The van der Waals surface area contributed by atoms with Gasteiger partial charge >= 0.3 is 0 Å². The summed E-state index contributed by atoms with van der Waals surface area (Å²) in [6.07, 6.45) is 3.36. The molecule has 9 heteroatoms. The molecule has 1 unspecified atom stereocenters. The number of amides is 1. The van der Waals surface area contributed by atoms with E-state index in [-0.39, 0.29) is 33.9 Å². The maximum atomic E-state index is 12.7. The monoisotopic (exact) mass is 476 g/mol. The molecule has 8 nitrogen and oxygen atoms in total. The molecular weight excluding hydrogens is 452 g/mol. The lowest BCUT2D eigenvalue weighted by molar-refractivity contribution is 0.0645. The van der Waals surface area contributed by atoms with Crippen LogP contribution in [0.1, 0.15) is 42.2 Å². The van der Waals surface area contributed by atoms with Crippen LogP contribution in [0.4, 0.5) is 17.1 Å². The summed E-state index contributed by atoms with van der Waals surface area (Å²) in [6, 6.07) is 11.2. The lowest BCUT2D eigenvalue weighted by Gasteiger charge is -2.30. The lowest BCUT2D eigenvalue weighted by Crippen LogP contribution is -2.42. The van der Waals surface area contributed by atoms with Gasteiger partial charge < -0.3 is 20.1 Å². The van der Waals surface area contributed by atoms with Gasteiger partial charge in [-0.1, -0.05) is 11.6 Å². The number of anilines is 3. The SMILES string of the molecule is CC(Nc1cc(=O)n(C)c2ccc(Nc3cc(C(=O)N4CCC4)nc(Cl)c3C#N)cc12)C1CC1. The van der Waals surface area contributed by atoms with Crippen molar-refractivity contribution in [3.63, 3.8) is 0 Å². The number of likely N-dealkylation sites (tertiary alicyclic amines) is 1. The van der Waals surface area contributed by atoms with E-state index in [0.717, 1.165) is 23.0 Å². The van der Waals surface area contributed by atoms with Crippen LogP contribution in [0.2, 0.25) is 5.15 Å². The molecule has 1 aromatic carbocycles.